The van der Waals surface area contributed by atoms with E-state index in [2.05, 4.69) is 43.6 Å². The van der Waals surface area contributed by atoms with Gasteiger partial charge in [-0.25, -0.2) is 4.98 Å². The predicted octanol–water partition coefficient (Wildman–Crippen LogP) is 7.84. The number of ether oxygens (including phenoxy) is 2. The lowest BCUT2D eigenvalue weighted by Gasteiger charge is -2.21. The lowest BCUT2D eigenvalue weighted by molar-refractivity contribution is 0.282. The van der Waals surface area contributed by atoms with Crippen molar-refractivity contribution in [2.24, 2.45) is 5.10 Å². The molecule has 0 bridgehead atoms. The molecule has 0 aliphatic rings. The van der Waals surface area contributed by atoms with Gasteiger partial charge < -0.3 is 9.47 Å². The minimum Gasteiger partial charge on any atom is -0.493 e. The fraction of sp³-hybridized carbons (Fsp3) is 0.222. The molecule has 1 heterocycles. The molecule has 10 heteroatoms. The molecule has 0 aliphatic carbocycles. The Hall–Kier alpha value is -2.14. The molecule has 4 aromatic rings. The Labute approximate surface area is 246 Å². The largest absolute Gasteiger partial charge is 0.493 e. The molecule has 0 saturated heterocycles. The van der Waals surface area contributed by atoms with Crippen LogP contribution >= 0.6 is 61.7 Å². The zero-order chi connectivity index (χ0) is 26.9. The van der Waals surface area contributed by atoms with Crippen LogP contribution in [0.15, 0.2) is 62.9 Å². The van der Waals surface area contributed by atoms with Gasteiger partial charge in [-0.2, -0.15) is 9.78 Å². The third-order valence-electron chi connectivity index (χ3n) is 5.44. The van der Waals surface area contributed by atoms with E-state index in [1.54, 1.807) is 37.6 Å². The number of hydrogen-bond acceptors (Lipinski definition) is 5. The summed E-state index contributed by atoms with van der Waals surface area (Å²) in [6, 6.07) is 14.4. The van der Waals surface area contributed by atoms with Crippen LogP contribution in [0.4, 0.5) is 0 Å². The second-order valence-corrected chi connectivity index (χ2v) is 12.2. The van der Waals surface area contributed by atoms with Crippen molar-refractivity contribution in [1.29, 1.82) is 0 Å². The van der Waals surface area contributed by atoms with E-state index < -0.39 is 5.41 Å². The monoisotopic (exact) mass is 713 g/mol. The average Bonchev–Trinajstić information content (AvgIpc) is 2.83. The third-order valence-corrected chi connectivity index (χ3v) is 7.32. The summed E-state index contributed by atoms with van der Waals surface area (Å²) in [4.78, 5) is 18.2. The summed E-state index contributed by atoms with van der Waals surface area (Å²) < 4.78 is 14.6. The summed E-state index contributed by atoms with van der Waals surface area (Å²) >= 11 is 17.9. The zero-order valence-corrected chi connectivity index (χ0v) is 25.7. The fourth-order valence-electron chi connectivity index (χ4n) is 3.61. The number of fused-ring (bicyclic) bond motifs is 1. The molecule has 0 N–H and O–H groups in total. The van der Waals surface area contributed by atoms with Crippen LogP contribution in [0, 0.1) is 3.57 Å². The van der Waals surface area contributed by atoms with Crippen molar-refractivity contribution in [3.63, 3.8) is 0 Å². The first kappa shape index (κ1) is 27.9. The number of methoxy groups -OCH3 is 1. The highest BCUT2D eigenvalue weighted by Crippen LogP contribution is 2.35. The van der Waals surface area contributed by atoms with Gasteiger partial charge in [-0.15, -0.1) is 0 Å². The van der Waals surface area contributed by atoms with Crippen LogP contribution in [0.25, 0.3) is 10.9 Å². The molecule has 3 aromatic carbocycles. The van der Waals surface area contributed by atoms with Crippen LogP contribution in [0.2, 0.25) is 10.0 Å². The third kappa shape index (κ3) is 6.30. The van der Waals surface area contributed by atoms with Crippen LogP contribution in [-0.2, 0) is 12.0 Å². The summed E-state index contributed by atoms with van der Waals surface area (Å²) in [7, 11) is 1.57. The normalized spacial score (nSPS) is 11.9. The van der Waals surface area contributed by atoms with Crippen LogP contribution in [0.1, 0.15) is 37.7 Å². The molecule has 37 heavy (non-hydrogen) atoms. The highest BCUT2D eigenvalue weighted by Gasteiger charge is 2.23. The van der Waals surface area contributed by atoms with Gasteiger partial charge in [0.05, 0.1) is 27.8 Å². The van der Waals surface area contributed by atoms with Crippen molar-refractivity contribution >= 4 is 78.8 Å². The summed E-state index contributed by atoms with van der Waals surface area (Å²) in [6.07, 6.45) is 1.62. The van der Waals surface area contributed by atoms with E-state index in [1.807, 2.05) is 45.0 Å². The van der Waals surface area contributed by atoms with E-state index in [-0.39, 0.29) is 12.2 Å². The molecule has 192 valence electrons. The molecule has 0 spiro atoms. The average molecular weight is 715 g/mol. The van der Waals surface area contributed by atoms with Gasteiger partial charge in [0.25, 0.3) is 5.56 Å². The number of rotatable bonds is 6. The van der Waals surface area contributed by atoms with Crippen LogP contribution in [0.5, 0.6) is 11.5 Å². The van der Waals surface area contributed by atoms with Crippen molar-refractivity contribution in [1.82, 2.24) is 9.66 Å². The van der Waals surface area contributed by atoms with Crippen molar-refractivity contribution in [3.05, 3.63) is 93.9 Å². The molecule has 0 atom stereocenters. The zero-order valence-electron chi connectivity index (χ0n) is 20.5. The van der Waals surface area contributed by atoms with Crippen molar-refractivity contribution in [2.75, 3.05) is 7.11 Å². The summed E-state index contributed by atoms with van der Waals surface area (Å²) in [6.45, 7) is 6.24. The van der Waals surface area contributed by atoms with E-state index in [0.29, 0.717) is 38.3 Å². The number of hydrogen-bond donors (Lipinski definition) is 0. The van der Waals surface area contributed by atoms with E-state index in [1.165, 1.54) is 4.68 Å². The lowest BCUT2D eigenvalue weighted by atomic mass is 9.95. The number of benzene rings is 3. The lowest BCUT2D eigenvalue weighted by Crippen LogP contribution is -2.29. The first-order valence-electron chi connectivity index (χ1n) is 11.2. The Bertz CT molecular complexity index is 1580. The van der Waals surface area contributed by atoms with E-state index in [9.17, 15) is 4.79 Å². The minimum absolute atomic E-state index is 0.242. The molecular formula is C27H23BrCl2IN3O3. The summed E-state index contributed by atoms with van der Waals surface area (Å²) in [5, 5.41) is 6.13. The summed E-state index contributed by atoms with van der Waals surface area (Å²) in [5.74, 6) is 1.67. The standard InChI is InChI=1S/C27H23BrCl2IN3O3/c1-27(2,3)26-33-22-8-6-17(28)11-19(22)25(35)34(26)32-13-15-9-21(31)24(23(10-15)36-4)37-14-16-5-7-18(29)12-20(16)30/h5-13H,14H2,1-4H3. The van der Waals surface area contributed by atoms with Gasteiger partial charge in [0.1, 0.15) is 12.4 Å². The van der Waals surface area contributed by atoms with Crippen LogP contribution < -0.4 is 15.0 Å². The Morgan fingerprint density at radius 3 is 2.57 bits per heavy atom. The first-order chi connectivity index (χ1) is 17.5. The Morgan fingerprint density at radius 1 is 1.14 bits per heavy atom. The molecule has 4 rings (SSSR count). The molecule has 0 radical (unpaired) electrons. The quantitative estimate of drug-likeness (QED) is 0.151. The second kappa shape index (κ2) is 11.3. The Balaban J connectivity index is 1.71. The topological polar surface area (TPSA) is 65.7 Å². The minimum atomic E-state index is -0.412. The van der Waals surface area contributed by atoms with Crippen molar-refractivity contribution in [2.45, 2.75) is 32.8 Å². The maximum Gasteiger partial charge on any atom is 0.282 e. The van der Waals surface area contributed by atoms with E-state index in [0.717, 1.165) is 19.2 Å². The number of nitrogens with zero attached hydrogens (tertiary/aromatic N) is 3. The number of aromatic nitrogens is 2. The predicted molar refractivity (Wildman–Crippen MR) is 162 cm³/mol. The Morgan fingerprint density at radius 2 is 1.89 bits per heavy atom. The number of halogens is 4. The molecule has 0 unspecified atom stereocenters. The first-order valence-corrected chi connectivity index (χ1v) is 13.8. The highest BCUT2D eigenvalue weighted by atomic mass is 127. The maximum atomic E-state index is 13.4. The highest BCUT2D eigenvalue weighted by molar-refractivity contribution is 14.1. The molecule has 0 fully saturated rings. The molecule has 1 aromatic heterocycles. The van der Waals surface area contributed by atoms with Crippen molar-refractivity contribution < 1.29 is 9.47 Å². The van der Waals surface area contributed by atoms with E-state index in [4.69, 9.17) is 37.7 Å². The van der Waals surface area contributed by atoms with Gasteiger partial charge in [-0.1, -0.05) is 66.0 Å². The van der Waals surface area contributed by atoms with Gasteiger partial charge in [0.2, 0.25) is 0 Å². The fourth-order valence-corrected chi connectivity index (χ4v) is 5.21. The van der Waals surface area contributed by atoms with Crippen molar-refractivity contribution in [3.8, 4) is 11.5 Å². The van der Waals surface area contributed by atoms with Gasteiger partial charge in [0.15, 0.2) is 11.5 Å². The van der Waals surface area contributed by atoms with Gasteiger partial charge >= 0.3 is 0 Å². The Kier molecular flexibility index (Phi) is 8.52. The van der Waals surface area contributed by atoms with Crippen LogP contribution in [0.3, 0.4) is 0 Å². The van der Waals surface area contributed by atoms with Gasteiger partial charge in [-0.3, -0.25) is 4.79 Å². The maximum absolute atomic E-state index is 13.4. The SMILES string of the molecule is COc1cc(C=Nn2c(C(C)(C)C)nc3ccc(Br)cc3c2=O)cc(I)c1OCc1ccc(Cl)cc1Cl. The van der Waals surface area contributed by atoms with E-state index >= 15 is 0 Å². The molecule has 6 nitrogen and oxygen atoms in total. The van der Waals surface area contributed by atoms with Gasteiger partial charge in [-0.05, 0) is 70.6 Å². The molecule has 0 saturated carbocycles. The summed E-state index contributed by atoms with van der Waals surface area (Å²) in [5.41, 5.74) is 1.51. The molecule has 0 aliphatic heterocycles. The molecule has 0 amide bonds. The van der Waals surface area contributed by atoms with Gasteiger partial charge in [0, 0.05) is 25.5 Å². The van der Waals surface area contributed by atoms with Crippen LogP contribution in [-0.4, -0.2) is 23.0 Å². The second-order valence-electron chi connectivity index (χ2n) is 9.27. The molecular weight excluding hydrogens is 692 g/mol. The smallest absolute Gasteiger partial charge is 0.282 e.